The van der Waals surface area contributed by atoms with Crippen LogP contribution in [0, 0.1) is 0 Å². The molecule has 0 aliphatic heterocycles. The first-order valence-corrected chi connectivity index (χ1v) is 11.7. The number of ether oxygens (including phenoxy) is 1. The molecular formula is C26H29N3O2S. The van der Waals surface area contributed by atoms with E-state index in [1.165, 1.54) is 10.3 Å². The highest BCUT2D eigenvalue weighted by Crippen LogP contribution is 2.36. The van der Waals surface area contributed by atoms with Crippen LogP contribution in [0.1, 0.15) is 18.1 Å². The van der Waals surface area contributed by atoms with Crippen LogP contribution in [0.4, 0.5) is 10.5 Å². The van der Waals surface area contributed by atoms with Crippen LogP contribution < -0.4 is 5.32 Å². The smallest absolute Gasteiger partial charge is 0.322 e. The second-order valence-corrected chi connectivity index (χ2v) is 8.68. The summed E-state index contributed by atoms with van der Waals surface area (Å²) in [5.74, 6) is 0. The average Bonchev–Trinajstić information content (AvgIpc) is 3.43. The Kier molecular flexibility index (Phi) is 6.93. The molecule has 2 amide bonds. The third kappa shape index (κ3) is 4.42. The Labute approximate surface area is 193 Å². The molecule has 0 bridgehead atoms. The first-order valence-electron chi connectivity index (χ1n) is 10.9. The number of hydrogen-bond donors (Lipinski definition) is 1. The van der Waals surface area contributed by atoms with Gasteiger partial charge in [-0.3, -0.25) is 0 Å². The van der Waals surface area contributed by atoms with Gasteiger partial charge in [-0.25, -0.2) is 4.79 Å². The van der Waals surface area contributed by atoms with Gasteiger partial charge in [0.15, 0.2) is 0 Å². The number of urea groups is 1. The molecule has 0 unspecified atom stereocenters. The highest BCUT2D eigenvalue weighted by Gasteiger charge is 2.22. The van der Waals surface area contributed by atoms with Crippen molar-refractivity contribution < 1.29 is 9.53 Å². The van der Waals surface area contributed by atoms with Crippen molar-refractivity contribution in [2.24, 2.45) is 7.05 Å². The van der Waals surface area contributed by atoms with E-state index in [1.54, 1.807) is 18.4 Å². The lowest BCUT2D eigenvalue weighted by atomic mass is 10.1. The van der Waals surface area contributed by atoms with Crippen molar-refractivity contribution in [3.05, 3.63) is 77.2 Å². The fourth-order valence-corrected chi connectivity index (χ4v) is 4.98. The molecule has 2 aromatic heterocycles. The van der Waals surface area contributed by atoms with Crippen LogP contribution in [-0.2, 0) is 24.8 Å². The third-order valence-electron chi connectivity index (χ3n) is 5.81. The molecule has 0 aliphatic rings. The number of benzene rings is 2. The topological polar surface area (TPSA) is 46.5 Å². The lowest BCUT2D eigenvalue weighted by molar-refractivity contribution is 0.153. The number of anilines is 1. The predicted octanol–water partition coefficient (Wildman–Crippen LogP) is 6.15. The zero-order chi connectivity index (χ0) is 22.5. The standard InChI is InChI=1S/C26H29N3O2S/c1-4-19-10-5-7-12-22(19)27-26(30)29(15-16-31-3)18-21-20-11-6-8-13-23(20)28(2)25(21)24-14-9-17-32-24/h5-14,17H,4,15-16,18H2,1-3H3,(H,27,30). The van der Waals surface area contributed by atoms with Crippen molar-refractivity contribution in [2.45, 2.75) is 19.9 Å². The van der Waals surface area contributed by atoms with Gasteiger partial charge in [0, 0.05) is 42.9 Å². The van der Waals surface area contributed by atoms with Gasteiger partial charge in [0.2, 0.25) is 0 Å². The molecule has 0 spiro atoms. The molecule has 166 valence electrons. The number of hydrogen-bond acceptors (Lipinski definition) is 3. The third-order valence-corrected chi connectivity index (χ3v) is 6.68. The van der Waals surface area contributed by atoms with Crippen LogP contribution in [0.3, 0.4) is 0 Å². The van der Waals surface area contributed by atoms with Gasteiger partial charge >= 0.3 is 6.03 Å². The number of nitrogens with zero attached hydrogens (tertiary/aromatic N) is 2. The molecule has 2 heterocycles. The summed E-state index contributed by atoms with van der Waals surface area (Å²) in [6.07, 6.45) is 0.861. The SMILES string of the molecule is CCc1ccccc1NC(=O)N(CCOC)Cc1c(-c2cccs2)n(C)c2ccccc12. The summed E-state index contributed by atoms with van der Waals surface area (Å²) in [5.41, 5.74) is 5.45. The van der Waals surface area contributed by atoms with Gasteiger partial charge in [-0.15, -0.1) is 11.3 Å². The number of methoxy groups -OCH3 is 1. The monoisotopic (exact) mass is 447 g/mol. The second-order valence-electron chi connectivity index (χ2n) is 7.74. The minimum atomic E-state index is -0.118. The first-order chi connectivity index (χ1) is 15.6. The number of rotatable bonds is 8. The van der Waals surface area contributed by atoms with Gasteiger partial charge in [0.05, 0.1) is 23.7 Å². The molecule has 32 heavy (non-hydrogen) atoms. The van der Waals surface area contributed by atoms with Crippen molar-refractivity contribution in [1.29, 1.82) is 0 Å². The van der Waals surface area contributed by atoms with Crippen molar-refractivity contribution in [3.8, 4) is 10.6 Å². The van der Waals surface area contributed by atoms with E-state index in [0.29, 0.717) is 19.7 Å². The molecule has 0 fully saturated rings. The van der Waals surface area contributed by atoms with Crippen LogP contribution in [0.5, 0.6) is 0 Å². The fraction of sp³-hybridized carbons (Fsp3) is 0.269. The van der Waals surface area contributed by atoms with Crippen molar-refractivity contribution in [3.63, 3.8) is 0 Å². The summed E-state index contributed by atoms with van der Waals surface area (Å²) in [7, 11) is 3.76. The number of carbonyl (C=O) groups excluding carboxylic acids is 1. The summed E-state index contributed by atoms with van der Waals surface area (Å²) in [5, 5.41) is 6.39. The van der Waals surface area contributed by atoms with Crippen LogP contribution >= 0.6 is 11.3 Å². The minimum absolute atomic E-state index is 0.118. The Morgan fingerprint density at radius 2 is 1.88 bits per heavy atom. The Bertz CT molecular complexity index is 1200. The van der Waals surface area contributed by atoms with Crippen molar-refractivity contribution >= 4 is 34.0 Å². The van der Waals surface area contributed by atoms with Gasteiger partial charge in [0.1, 0.15) is 0 Å². The number of para-hydroxylation sites is 2. The van der Waals surface area contributed by atoms with E-state index >= 15 is 0 Å². The lowest BCUT2D eigenvalue weighted by Crippen LogP contribution is -2.37. The molecule has 0 saturated carbocycles. The quantitative estimate of drug-likeness (QED) is 0.352. The minimum Gasteiger partial charge on any atom is -0.383 e. The number of thiophene rings is 1. The van der Waals surface area contributed by atoms with E-state index in [2.05, 4.69) is 71.7 Å². The van der Waals surface area contributed by atoms with Crippen LogP contribution in [0.15, 0.2) is 66.0 Å². The van der Waals surface area contributed by atoms with E-state index < -0.39 is 0 Å². The van der Waals surface area contributed by atoms with E-state index in [1.807, 2.05) is 23.1 Å². The Morgan fingerprint density at radius 1 is 1.09 bits per heavy atom. The molecular weight excluding hydrogens is 418 g/mol. The van der Waals surface area contributed by atoms with Gasteiger partial charge in [-0.05, 0) is 35.6 Å². The summed E-state index contributed by atoms with van der Waals surface area (Å²) in [4.78, 5) is 16.4. The van der Waals surface area contributed by atoms with Crippen LogP contribution in [0.2, 0.25) is 0 Å². The van der Waals surface area contributed by atoms with Gasteiger partial charge in [-0.2, -0.15) is 0 Å². The van der Waals surface area contributed by atoms with Gasteiger partial charge in [0.25, 0.3) is 0 Å². The maximum atomic E-state index is 13.4. The van der Waals surface area contributed by atoms with Crippen molar-refractivity contribution in [2.75, 3.05) is 25.6 Å². The maximum Gasteiger partial charge on any atom is 0.322 e. The summed E-state index contributed by atoms with van der Waals surface area (Å²) >= 11 is 1.72. The number of aryl methyl sites for hydroxylation is 2. The molecule has 4 aromatic rings. The zero-order valence-electron chi connectivity index (χ0n) is 18.8. The normalized spacial score (nSPS) is 11.1. The predicted molar refractivity (Wildman–Crippen MR) is 133 cm³/mol. The zero-order valence-corrected chi connectivity index (χ0v) is 19.6. The van der Waals surface area contributed by atoms with Gasteiger partial charge < -0.3 is 19.5 Å². The van der Waals surface area contributed by atoms with Crippen LogP contribution in [0.25, 0.3) is 21.5 Å². The summed E-state index contributed by atoms with van der Waals surface area (Å²) in [6, 6.07) is 20.4. The fourth-order valence-electron chi connectivity index (χ4n) is 4.15. The molecule has 2 aromatic carbocycles. The molecule has 4 rings (SSSR count). The van der Waals surface area contributed by atoms with E-state index in [9.17, 15) is 4.79 Å². The highest BCUT2D eigenvalue weighted by molar-refractivity contribution is 7.13. The van der Waals surface area contributed by atoms with Gasteiger partial charge in [-0.1, -0.05) is 49.4 Å². The molecule has 0 aliphatic carbocycles. The Balaban J connectivity index is 1.72. The highest BCUT2D eigenvalue weighted by atomic mass is 32.1. The maximum absolute atomic E-state index is 13.4. The average molecular weight is 448 g/mol. The number of aromatic nitrogens is 1. The van der Waals surface area contributed by atoms with E-state index in [-0.39, 0.29) is 6.03 Å². The Hall–Kier alpha value is -3.09. The van der Waals surface area contributed by atoms with Crippen molar-refractivity contribution in [1.82, 2.24) is 9.47 Å². The largest absolute Gasteiger partial charge is 0.383 e. The number of carbonyl (C=O) groups is 1. The lowest BCUT2D eigenvalue weighted by Gasteiger charge is -2.24. The number of amides is 2. The molecule has 6 heteroatoms. The number of nitrogens with one attached hydrogen (secondary N) is 1. The molecule has 1 N–H and O–H groups in total. The molecule has 0 atom stereocenters. The Morgan fingerprint density at radius 3 is 2.62 bits per heavy atom. The van der Waals surface area contributed by atoms with Crippen LogP contribution in [-0.4, -0.2) is 35.8 Å². The second kappa shape index (κ2) is 10.0. The molecule has 0 radical (unpaired) electrons. The summed E-state index contributed by atoms with van der Waals surface area (Å²) < 4.78 is 7.56. The first kappa shape index (κ1) is 22.1. The van der Waals surface area contributed by atoms with E-state index in [0.717, 1.165) is 34.4 Å². The summed E-state index contributed by atoms with van der Waals surface area (Å²) in [6.45, 7) is 3.57. The molecule has 0 saturated heterocycles. The van der Waals surface area contributed by atoms with E-state index in [4.69, 9.17) is 4.74 Å². The molecule has 5 nitrogen and oxygen atoms in total. The number of fused-ring (bicyclic) bond motifs is 1.